The first-order chi connectivity index (χ1) is 25.7. The van der Waals surface area contributed by atoms with Crippen LogP contribution in [0.1, 0.15) is 49.4 Å². The van der Waals surface area contributed by atoms with E-state index < -0.39 is 0 Å². The van der Waals surface area contributed by atoms with Crippen LogP contribution in [0.2, 0.25) is 0 Å². The van der Waals surface area contributed by atoms with E-state index in [1.54, 1.807) is 30.8 Å². The maximum Gasteiger partial charge on any atom is 0.119 e. The summed E-state index contributed by atoms with van der Waals surface area (Å²) in [6, 6.07) is 37.5. The van der Waals surface area contributed by atoms with Crippen LogP contribution in [0, 0.1) is 56.3 Å². The molecule has 6 heteroatoms. The Balaban J connectivity index is 0.000000157. The largest absolute Gasteiger partial charge is 0.497 e. The number of aromatic nitrogens is 1. The Morgan fingerprint density at radius 2 is 1.00 bits per heavy atom. The number of ether oxygens (including phenoxy) is 1. The quantitative estimate of drug-likeness (QED) is 0.117. The Labute approximate surface area is 316 Å². The molecule has 0 bridgehead atoms. The van der Waals surface area contributed by atoms with Crippen LogP contribution < -0.4 is 21.9 Å². The van der Waals surface area contributed by atoms with Crippen molar-refractivity contribution in [2.24, 2.45) is 0 Å². The van der Waals surface area contributed by atoms with Gasteiger partial charge in [-0.2, -0.15) is 0 Å². The van der Waals surface area contributed by atoms with Gasteiger partial charge in [0.2, 0.25) is 0 Å². The minimum atomic E-state index is 0.796. The predicted molar refractivity (Wildman–Crippen MR) is 224 cm³/mol. The molecule has 0 radical (unpaired) electrons. The number of nitrogens with two attached hydrogens (primary N) is 3. The van der Waals surface area contributed by atoms with E-state index >= 15 is 0 Å². The second kappa shape index (κ2) is 18.4. The van der Waals surface area contributed by atoms with E-state index in [2.05, 4.69) is 52.6 Å². The number of anilines is 3. The lowest BCUT2D eigenvalue weighted by Gasteiger charge is -2.02. The van der Waals surface area contributed by atoms with Crippen molar-refractivity contribution in [1.29, 1.82) is 0 Å². The first-order valence-electron chi connectivity index (χ1n) is 16.8. The van der Waals surface area contributed by atoms with Crippen LogP contribution in [0.15, 0.2) is 133 Å². The molecule has 7 aromatic rings. The number of rotatable bonds is 1. The topological polar surface area (TPSA) is 100 Å². The number of methoxy groups -OCH3 is 1. The minimum absolute atomic E-state index is 0.796. The van der Waals surface area contributed by atoms with Crippen molar-refractivity contribution in [2.45, 2.75) is 20.8 Å². The zero-order valence-electron chi connectivity index (χ0n) is 30.2. The second-order valence-corrected chi connectivity index (χ2v) is 13.1. The van der Waals surface area contributed by atoms with Crippen molar-refractivity contribution in [3.63, 3.8) is 0 Å². The average Bonchev–Trinajstić information content (AvgIpc) is 3.71. The SMILES string of the molecule is COc1ccc2cc(C#Cc3ccc(N)c(C)c3)ccc2c1.Cc1cc(C#Cc2cccnc2)ccc1N.Cc1cc(C#Cc2cccs2)ccc1N. The molecule has 0 saturated carbocycles. The fourth-order valence-corrected chi connectivity index (χ4v) is 5.47. The summed E-state index contributed by atoms with van der Waals surface area (Å²) in [5.41, 5.74) is 27.7. The monoisotopic (exact) mass is 708 g/mol. The fourth-order valence-electron chi connectivity index (χ4n) is 4.90. The molecule has 0 aliphatic carbocycles. The summed E-state index contributed by atoms with van der Waals surface area (Å²) < 4.78 is 5.24. The number of pyridine rings is 1. The second-order valence-electron chi connectivity index (χ2n) is 12.1. The molecule has 5 nitrogen and oxygen atoms in total. The van der Waals surface area contributed by atoms with Crippen LogP contribution in [0.4, 0.5) is 17.1 Å². The standard InChI is InChI=1S/C20H17NO.C14H12N2.C13H11NS/c1-14-11-15(6-10-20(14)21)3-4-16-5-7-18-13-19(22-2)9-8-17(18)12-16;1-11-9-12(6-7-14(11)15)4-5-13-3-2-8-16-10-13;1-10-9-11(5-7-13(10)14)4-6-12-3-2-8-15-12/h5-13H,21H2,1-2H3;2-3,6-10H,15H2,1H3;2-3,5,7-9H,14H2,1H3. The van der Waals surface area contributed by atoms with Gasteiger partial charge in [0.25, 0.3) is 0 Å². The molecule has 0 amide bonds. The van der Waals surface area contributed by atoms with Crippen LogP contribution in [0.5, 0.6) is 5.75 Å². The van der Waals surface area contributed by atoms with Crippen molar-refractivity contribution in [3.05, 3.63) is 182 Å². The zero-order valence-corrected chi connectivity index (χ0v) is 31.0. The summed E-state index contributed by atoms with van der Waals surface area (Å²) >= 11 is 1.65. The van der Waals surface area contributed by atoms with Crippen molar-refractivity contribution in [1.82, 2.24) is 4.98 Å². The normalized spacial score (nSPS) is 9.66. The summed E-state index contributed by atoms with van der Waals surface area (Å²) in [7, 11) is 1.68. The van der Waals surface area contributed by atoms with Gasteiger partial charge in [-0.3, -0.25) is 4.98 Å². The highest BCUT2D eigenvalue weighted by Crippen LogP contribution is 2.22. The first-order valence-corrected chi connectivity index (χ1v) is 17.7. The van der Waals surface area contributed by atoms with E-state index in [-0.39, 0.29) is 0 Å². The number of hydrogen-bond acceptors (Lipinski definition) is 6. The molecular weight excluding hydrogens is 669 g/mol. The van der Waals surface area contributed by atoms with E-state index in [0.717, 1.165) is 83.0 Å². The molecule has 0 fully saturated rings. The lowest BCUT2D eigenvalue weighted by Crippen LogP contribution is -1.89. The number of benzene rings is 5. The van der Waals surface area contributed by atoms with Gasteiger partial charge in [-0.1, -0.05) is 53.7 Å². The summed E-state index contributed by atoms with van der Waals surface area (Å²) in [4.78, 5) is 5.09. The summed E-state index contributed by atoms with van der Waals surface area (Å²) in [6.07, 6.45) is 3.48. The van der Waals surface area contributed by atoms with Crippen molar-refractivity contribution in [3.8, 4) is 41.3 Å². The van der Waals surface area contributed by atoms with Crippen LogP contribution in [0.25, 0.3) is 10.8 Å². The van der Waals surface area contributed by atoms with Gasteiger partial charge < -0.3 is 21.9 Å². The van der Waals surface area contributed by atoms with Gasteiger partial charge in [-0.15, -0.1) is 11.3 Å². The van der Waals surface area contributed by atoms with Gasteiger partial charge in [0.15, 0.2) is 0 Å². The molecular formula is C47H40N4OS. The highest BCUT2D eigenvalue weighted by Gasteiger charge is 1.99. The van der Waals surface area contributed by atoms with Gasteiger partial charge in [-0.05, 0) is 151 Å². The maximum atomic E-state index is 5.82. The lowest BCUT2D eigenvalue weighted by atomic mass is 10.1. The highest BCUT2D eigenvalue weighted by atomic mass is 32.1. The number of nitrogen functional groups attached to an aromatic ring is 3. The molecule has 5 aromatic carbocycles. The Morgan fingerprint density at radius 3 is 1.49 bits per heavy atom. The van der Waals surface area contributed by atoms with Crippen LogP contribution >= 0.6 is 11.3 Å². The van der Waals surface area contributed by atoms with Crippen LogP contribution in [-0.4, -0.2) is 12.1 Å². The molecule has 0 saturated heterocycles. The molecule has 53 heavy (non-hydrogen) atoms. The molecule has 2 aromatic heterocycles. The molecule has 260 valence electrons. The van der Waals surface area contributed by atoms with Crippen LogP contribution in [-0.2, 0) is 0 Å². The Kier molecular flexibility index (Phi) is 12.9. The van der Waals surface area contributed by atoms with Gasteiger partial charge in [0.05, 0.1) is 12.0 Å². The van der Waals surface area contributed by atoms with E-state index in [1.807, 2.05) is 129 Å². The Bertz CT molecular complexity index is 2520. The minimum Gasteiger partial charge on any atom is -0.497 e. The number of thiophene rings is 1. The lowest BCUT2D eigenvalue weighted by molar-refractivity contribution is 0.415. The van der Waals surface area contributed by atoms with Crippen LogP contribution in [0.3, 0.4) is 0 Å². The molecule has 6 N–H and O–H groups in total. The third-order valence-corrected chi connectivity index (χ3v) is 8.86. The highest BCUT2D eigenvalue weighted by molar-refractivity contribution is 7.10. The Hall–Kier alpha value is -6.91. The third-order valence-electron chi connectivity index (χ3n) is 8.07. The maximum absolute atomic E-state index is 5.82. The van der Waals surface area contributed by atoms with E-state index in [4.69, 9.17) is 21.9 Å². The number of fused-ring (bicyclic) bond motifs is 1. The Morgan fingerprint density at radius 1 is 0.509 bits per heavy atom. The average molecular weight is 709 g/mol. The molecule has 0 aliphatic rings. The smallest absolute Gasteiger partial charge is 0.119 e. The molecule has 0 atom stereocenters. The summed E-state index contributed by atoms with van der Waals surface area (Å²) in [6.45, 7) is 5.96. The number of aryl methyl sites for hydroxylation is 3. The summed E-state index contributed by atoms with van der Waals surface area (Å²) in [5.74, 6) is 19.6. The molecule has 0 spiro atoms. The molecule has 7 rings (SSSR count). The molecule has 0 unspecified atom stereocenters. The van der Waals surface area contributed by atoms with Crippen molar-refractivity contribution >= 4 is 39.2 Å². The van der Waals surface area contributed by atoms with E-state index in [1.165, 1.54) is 0 Å². The van der Waals surface area contributed by atoms with Gasteiger partial charge in [0, 0.05) is 57.3 Å². The fraction of sp³-hybridized carbons (Fsp3) is 0.0851. The molecule has 2 heterocycles. The number of nitrogens with zero attached hydrogens (tertiary/aromatic N) is 1. The third kappa shape index (κ3) is 11.3. The van der Waals surface area contributed by atoms with Crippen molar-refractivity contribution < 1.29 is 4.74 Å². The van der Waals surface area contributed by atoms with Crippen molar-refractivity contribution in [2.75, 3.05) is 24.3 Å². The van der Waals surface area contributed by atoms with Gasteiger partial charge in [0.1, 0.15) is 5.75 Å². The predicted octanol–water partition coefficient (Wildman–Crippen LogP) is 9.55. The van der Waals surface area contributed by atoms with Gasteiger partial charge >= 0.3 is 0 Å². The first kappa shape index (κ1) is 37.3. The molecule has 0 aliphatic heterocycles. The summed E-state index contributed by atoms with van der Waals surface area (Å²) in [5, 5.41) is 4.33. The van der Waals surface area contributed by atoms with E-state index in [9.17, 15) is 0 Å². The zero-order chi connectivity index (χ0) is 37.6. The van der Waals surface area contributed by atoms with E-state index in [0.29, 0.717) is 0 Å². The number of hydrogen-bond donors (Lipinski definition) is 3. The van der Waals surface area contributed by atoms with Gasteiger partial charge in [-0.25, -0.2) is 0 Å².